The van der Waals surface area contributed by atoms with Gasteiger partial charge in [0, 0.05) is 17.3 Å². The maximum absolute atomic E-state index is 5.50. The molecular weight excluding hydrogens is 306 g/mol. The van der Waals surface area contributed by atoms with Gasteiger partial charge in [-0.3, -0.25) is 0 Å². The molecule has 1 aliphatic rings. The van der Waals surface area contributed by atoms with Gasteiger partial charge in [0.25, 0.3) is 0 Å². The summed E-state index contributed by atoms with van der Waals surface area (Å²) in [7, 11) is 1.75. The first-order chi connectivity index (χ1) is 12.3. The van der Waals surface area contributed by atoms with Crippen molar-refractivity contribution in [3.8, 4) is 5.75 Å². The summed E-state index contributed by atoms with van der Waals surface area (Å²) in [5, 5.41) is 6.34. The average molecular weight is 329 g/mol. The van der Waals surface area contributed by atoms with E-state index in [4.69, 9.17) is 4.74 Å². The average Bonchev–Trinajstić information content (AvgIpc) is 2.66. The van der Waals surface area contributed by atoms with Gasteiger partial charge >= 0.3 is 0 Å². The molecule has 4 rings (SSSR count). The second-order valence-corrected chi connectivity index (χ2v) is 6.63. The Hall–Kier alpha value is -2.74. The maximum atomic E-state index is 5.50. The van der Waals surface area contributed by atoms with E-state index in [0.29, 0.717) is 0 Å². The number of hydrogen-bond donors (Lipinski definition) is 1. The molecule has 2 heteroatoms. The van der Waals surface area contributed by atoms with Gasteiger partial charge in [0.05, 0.1) is 7.11 Å². The Bertz CT molecular complexity index is 936. The monoisotopic (exact) mass is 329 g/mol. The number of nitrogens with one attached hydrogen (secondary N) is 1. The molecule has 0 saturated heterocycles. The van der Waals surface area contributed by atoms with Crippen LogP contribution in [0.2, 0.25) is 0 Å². The highest BCUT2D eigenvalue weighted by molar-refractivity contribution is 5.86. The Morgan fingerprint density at radius 2 is 1.72 bits per heavy atom. The summed E-state index contributed by atoms with van der Waals surface area (Å²) in [6, 6.07) is 21.7. The van der Waals surface area contributed by atoms with Gasteiger partial charge in [0.15, 0.2) is 0 Å². The molecule has 3 aromatic carbocycles. The molecule has 0 aromatic heterocycles. The predicted octanol–water partition coefficient (Wildman–Crippen LogP) is 5.49. The molecule has 0 saturated carbocycles. The summed E-state index contributed by atoms with van der Waals surface area (Å²) in [6.07, 6.45) is 4.30. The minimum Gasteiger partial charge on any atom is -0.496 e. The first-order valence-corrected chi connectivity index (χ1v) is 8.87. The lowest BCUT2D eigenvalue weighted by molar-refractivity contribution is 0.409. The van der Waals surface area contributed by atoms with Crippen molar-refractivity contribution in [3.05, 3.63) is 83.1 Å². The van der Waals surface area contributed by atoms with Crippen LogP contribution in [-0.4, -0.2) is 7.11 Å². The smallest absolute Gasteiger partial charge is 0.122 e. The van der Waals surface area contributed by atoms with Gasteiger partial charge < -0.3 is 10.1 Å². The number of fused-ring (bicyclic) bond motifs is 2. The topological polar surface area (TPSA) is 21.3 Å². The first-order valence-electron chi connectivity index (χ1n) is 8.87. The van der Waals surface area contributed by atoms with Crippen LogP contribution in [0.1, 0.15) is 36.1 Å². The number of benzene rings is 3. The van der Waals surface area contributed by atoms with E-state index >= 15 is 0 Å². The Morgan fingerprint density at radius 1 is 0.920 bits per heavy atom. The van der Waals surface area contributed by atoms with E-state index in [1.165, 1.54) is 33.2 Å². The van der Waals surface area contributed by atoms with Gasteiger partial charge in [-0.1, -0.05) is 54.6 Å². The van der Waals surface area contributed by atoms with Gasteiger partial charge in [-0.25, -0.2) is 0 Å². The number of allylic oxidation sites excluding steroid dienone is 1. The number of rotatable bonds is 4. The zero-order valence-electron chi connectivity index (χ0n) is 14.8. The summed E-state index contributed by atoms with van der Waals surface area (Å²) in [5.74, 6) is 0.995. The summed E-state index contributed by atoms with van der Waals surface area (Å²) in [5.41, 5.74) is 5.21. The van der Waals surface area contributed by atoms with Gasteiger partial charge in [0.1, 0.15) is 5.75 Å². The van der Waals surface area contributed by atoms with Crippen LogP contribution in [0.25, 0.3) is 16.8 Å². The van der Waals surface area contributed by atoms with Gasteiger partial charge in [0.2, 0.25) is 0 Å². The highest BCUT2D eigenvalue weighted by Gasteiger charge is 2.16. The van der Waals surface area contributed by atoms with Crippen LogP contribution in [0.5, 0.6) is 5.75 Å². The molecule has 0 aliphatic heterocycles. The van der Waals surface area contributed by atoms with E-state index in [9.17, 15) is 0 Å². The molecule has 3 aromatic rings. The third kappa shape index (κ3) is 3.00. The van der Waals surface area contributed by atoms with Crippen molar-refractivity contribution < 1.29 is 4.74 Å². The van der Waals surface area contributed by atoms with Crippen molar-refractivity contribution in [1.82, 2.24) is 5.32 Å². The fourth-order valence-corrected chi connectivity index (χ4v) is 3.79. The fraction of sp³-hybridized carbons (Fsp3) is 0.217. The molecule has 0 amide bonds. The summed E-state index contributed by atoms with van der Waals surface area (Å²) in [4.78, 5) is 0. The Morgan fingerprint density at radius 3 is 2.60 bits per heavy atom. The molecule has 0 bridgehead atoms. The van der Waals surface area contributed by atoms with E-state index in [1.54, 1.807) is 7.11 Å². The molecule has 1 N–H and O–H groups in total. The molecule has 2 nitrogen and oxygen atoms in total. The molecule has 126 valence electrons. The van der Waals surface area contributed by atoms with Crippen LogP contribution in [-0.2, 0) is 6.42 Å². The quantitative estimate of drug-likeness (QED) is 0.684. The van der Waals surface area contributed by atoms with Crippen molar-refractivity contribution in [3.63, 3.8) is 0 Å². The van der Waals surface area contributed by atoms with Crippen molar-refractivity contribution in [2.75, 3.05) is 7.11 Å². The summed E-state index contributed by atoms with van der Waals surface area (Å²) < 4.78 is 5.50. The Balaban J connectivity index is 1.62. The third-order valence-electron chi connectivity index (χ3n) is 5.06. The largest absolute Gasteiger partial charge is 0.496 e. The van der Waals surface area contributed by atoms with Gasteiger partial charge in [-0.2, -0.15) is 0 Å². The number of ether oxygens (including phenoxy) is 1. The molecule has 0 fully saturated rings. The lowest BCUT2D eigenvalue weighted by Crippen LogP contribution is -2.20. The number of hydrogen-bond acceptors (Lipinski definition) is 2. The van der Waals surface area contributed by atoms with E-state index in [2.05, 4.69) is 72.9 Å². The zero-order valence-corrected chi connectivity index (χ0v) is 14.8. The highest BCUT2D eigenvalue weighted by atomic mass is 16.5. The van der Waals surface area contributed by atoms with E-state index in [0.717, 1.165) is 18.6 Å². The van der Waals surface area contributed by atoms with Gasteiger partial charge in [-0.05, 0) is 53.8 Å². The lowest BCUT2D eigenvalue weighted by Gasteiger charge is -2.24. The van der Waals surface area contributed by atoms with Crippen LogP contribution < -0.4 is 10.1 Å². The molecular formula is C23H23NO. The molecule has 0 spiro atoms. The van der Waals surface area contributed by atoms with Crippen molar-refractivity contribution in [2.45, 2.75) is 25.8 Å². The van der Waals surface area contributed by atoms with E-state index in [1.807, 2.05) is 6.07 Å². The summed E-state index contributed by atoms with van der Waals surface area (Å²) >= 11 is 0. The second-order valence-electron chi connectivity index (χ2n) is 6.63. The van der Waals surface area contributed by atoms with Crippen LogP contribution in [0.15, 0.2) is 66.4 Å². The minimum absolute atomic E-state index is 0.268. The standard InChI is InChI=1S/C23H23NO/c1-16(20-11-5-8-17-7-3-4-10-21(17)20)24-19-13-14-22-18(15-19)9-6-12-23(22)25-2/h3-12,15-16,24H,13-14H2,1-2H3/t16-/m1/s1. The second kappa shape index (κ2) is 6.64. The van der Waals surface area contributed by atoms with Crippen LogP contribution in [0.3, 0.4) is 0 Å². The Kier molecular flexibility index (Phi) is 4.19. The lowest BCUT2D eigenvalue weighted by atomic mass is 9.93. The molecule has 0 heterocycles. The van der Waals surface area contributed by atoms with Gasteiger partial charge in [-0.15, -0.1) is 0 Å². The predicted molar refractivity (Wildman–Crippen MR) is 105 cm³/mol. The maximum Gasteiger partial charge on any atom is 0.122 e. The van der Waals surface area contributed by atoms with Crippen molar-refractivity contribution >= 4 is 16.8 Å². The first kappa shape index (κ1) is 15.8. The number of methoxy groups -OCH3 is 1. The highest BCUT2D eigenvalue weighted by Crippen LogP contribution is 2.32. The minimum atomic E-state index is 0.268. The van der Waals surface area contributed by atoms with Crippen LogP contribution >= 0.6 is 0 Å². The molecule has 0 unspecified atom stereocenters. The van der Waals surface area contributed by atoms with Crippen molar-refractivity contribution in [1.29, 1.82) is 0 Å². The summed E-state index contributed by atoms with van der Waals surface area (Å²) in [6.45, 7) is 2.24. The molecule has 0 radical (unpaired) electrons. The molecule has 25 heavy (non-hydrogen) atoms. The molecule has 1 atom stereocenters. The van der Waals surface area contributed by atoms with Crippen molar-refractivity contribution in [2.24, 2.45) is 0 Å². The molecule has 1 aliphatic carbocycles. The van der Waals surface area contributed by atoms with E-state index < -0.39 is 0 Å². The van der Waals surface area contributed by atoms with E-state index in [-0.39, 0.29) is 6.04 Å². The SMILES string of the molecule is COc1cccc2c1CCC(N[C@H](C)c1cccc3ccccc13)=C2. The van der Waals surface area contributed by atoms with Crippen LogP contribution in [0.4, 0.5) is 0 Å². The Labute approximate surface area is 149 Å². The third-order valence-corrected chi connectivity index (χ3v) is 5.06. The fourth-order valence-electron chi connectivity index (χ4n) is 3.79. The normalized spacial score (nSPS) is 14.6. The zero-order chi connectivity index (χ0) is 17.2. The van der Waals surface area contributed by atoms with Crippen LogP contribution in [0, 0.1) is 0 Å².